The molecule has 0 spiro atoms. The van der Waals surface area contributed by atoms with E-state index in [4.69, 9.17) is 0 Å². The van der Waals surface area contributed by atoms with Crippen molar-refractivity contribution in [2.75, 3.05) is 0 Å². The van der Waals surface area contributed by atoms with Gasteiger partial charge in [0.1, 0.15) is 0 Å². The Bertz CT molecular complexity index is 248. The topological polar surface area (TPSA) is 24.9 Å². The zero-order chi connectivity index (χ0) is 8.93. The third kappa shape index (κ3) is 4.83. The van der Waals surface area contributed by atoms with Gasteiger partial charge < -0.3 is 5.32 Å². The van der Waals surface area contributed by atoms with Gasteiger partial charge >= 0.3 is 0 Å². The lowest BCUT2D eigenvalue weighted by Crippen LogP contribution is -2.25. The van der Waals surface area contributed by atoms with Gasteiger partial charge in [-0.2, -0.15) is 0 Å². The van der Waals surface area contributed by atoms with Gasteiger partial charge in [-0.3, -0.25) is 4.98 Å². The molecule has 0 bridgehead atoms. The van der Waals surface area contributed by atoms with E-state index in [1.807, 2.05) is 18.5 Å². The predicted molar refractivity (Wildman–Crippen MR) is 67.8 cm³/mol. The Morgan fingerprint density at radius 2 is 2.00 bits per heavy atom. The maximum atomic E-state index is 4.09. The van der Waals surface area contributed by atoms with Crippen LogP contribution < -0.4 is 5.32 Å². The van der Waals surface area contributed by atoms with Gasteiger partial charge in [0.15, 0.2) is 0 Å². The summed E-state index contributed by atoms with van der Waals surface area (Å²) < 4.78 is 0. The van der Waals surface area contributed by atoms with Crippen molar-refractivity contribution in [3.05, 3.63) is 30.1 Å². The van der Waals surface area contributed by atoms with Crippen molar-refractivity contribution < 1.29 is 0 Å². The van der Waals surface area contributed by atoms with Crippen LogP contribution in [0.4, 0.5) is 0 Å². The Balaban J connectivity index is 0.000000980. The fourth-order valence-electron chi connectivity index (χ4n) is 1.89. The molecule has 2 nitrogen and oxygen atoms in total. The van der Waals surface area contributed by atoms with Gasteiger partial charge in [0.2, 0.25) is 0 Å². The van der Waals surface area contributed by atoms with E-state index < -0.39 is 0 Å². The molecule has 15 heavy (non-hydrogen) atoms. The van der Waals surface area contributed by atoms with Gasteiger partial charge in [-0.05, 0) is 24.5 Å². The smallest absolute Gasteiger partial charge is 0.0312 e. The van der Waals surface area contributed by atoms with E-state index in [1.165, 1.54) is 31.2 Å². The molecule has 86 valence electrons. The van der Waals surface area contributed by atoms with Crippen LogP contribution in [0.5, 0.6) is 0 Å². The second-order valence-electron chi connectivity index (χ2n) is 3.72. The number of halogens is 2. The minimum absolute atomic E-state index is 0. The first-order valence-corrected chi connectivity index (χ1v) is 5.07. The third-order valence-electron chi connectivity index (χ3n) is 2.67. The highest BCUT2D eigenvalue weighted by Gasteiger charge is 2.13. The maximum Gasteiger partial charge on any atom is 0.0312 e. The summed E-state index contributed by atoms with van der Waals surface area (Å²) in [5.41, 5.74) is 1.29. The Morgan fingerprint density at radius 3 is 2.60 bits per heavy atom. The lowest BCUT2D eigenvalue weighted by atomic mass is 10.2. The van der Waals surface area contributed by atoms with E-state index in [9.17, 15) is 0 Å². The lowest BCUT2D eigenvalue weighted by molar-refractivity contribution is 0.523. The zero-order valence-electron chi connectivity index (χ0n) is 8.69. The first-order chi connectivity index (χ1) is 6.45. The summed E-state index contributed by atoms with van der Waals surface area (Å²) in [5, 5.41) is 3.56. The number of hydrogen-bond acceptors (Lipinski definition) is 2. The third-order valence-corrected chi connectivity index (χ3v) is 2.67. The second kappa shape index (κ2) is 7.91. The molecule has 4 heteroatoms. The normalized spacial score (nSPS) is 15.5. The molecule has 1 fully saturated rings. The standard InChI is InChI=1S/C11H16N2.2ClH/c1-2-6-11(5-1)13-9-10-4-3-7-12-8-10;;/h3-4,7-8,11,13H,1-2,5-6,9H2;2*1H. The molecule has 1 N–H and O–H groups in total. The summed E-state index contributed by atoms with van der Waals surface area (Å²) in [6.45, 7) is 0.971. The van der Waals surface area contributed by atoms with E-state index >= 15 is 0 Å². The van der Waals surface area contributed by atoms with E-state index in [0.29, 0.717) is 0 Å². The average molecular weight is 249 g/mol. The van der Waals surface area contributed by atoms with Crippen LogP contribution in [-0.2, 0) is 6.54 Å². The molecule has 0 atom stereocenters. The number of aromatic nitrogens is 1. The minimum Gasteiger partial charge on any atom is -0.310 e. The van der Waals surface area contributed by atoms with Crippen molar-refractivity contribution in [2.45, 2.75) is 38.3 Å². The SMILES string of the molecule is Cl.Cl.c1cncc(CNC2CCCC2)c1. The van der Waals surface area contributed by atoms with Crippen LogP contribution in [0, 0.1) is 0 Å². The number of nitrogens with zero attached hydrogens (tertiary/aromatic N) is 1. The minimum atomic E-state index is 0. The zero-order valence-corrected chi connectivity index (χ0v) is 10.3. The second-order valence-corrected chi connectivity index (χ2v) is 3.72. The van der Waals surface area contributed by atoms with Crippen LogP contribution in [0.2, 0.25) is 0 Å². The fraction of sp³-hybridized carbons (Fsp3) is 0.545. The first-order valence-electron chi connectivity index (χ1n) is 5.07. The van der Waals surface area contributed by atoms with Gasteiger partial charge in [-0.15, -0.1) is 24.8 Å². The average Bonchev–Trinajstić information content (AvgIpc) is 2.69. The van der Waals surface area contributed by atoms with Crippen molar-refractivity contribution in [2.24, 2.45) is 0 Å². The number of rotatable bonds is 3. The number of nitrogens with one attached hydrogen (secondary N) is 1. The van der Waals surface area contributed by atoms with Crippen LogP contribution >= 0.6 is 24.8 Å². The Kier molecular flexibility index (Phi) is 7.75. The Labute approximate surface area is 104 Å². The summed E-state index contributed by atoms with van der Waals surface area (Å²) >= 11 is 0. The van der Waals surface area contributed by atoms with Crippen molar-refractivity contribution in [3.63, 3.8) is 0 Å². The van der Waals surface area contributed by atoms with Gasteiger partial charge in [0.05, 0.1) is 0 Å². The molecule has 1 aromatic rings. The van der Waals surface area contributed by atoms with Gasteiger partial charge in [-0.25, -0.2) is 0 Å². The molecule has 2 rings (SSSR count). The largest absolute Gasteiger partial charge is 0.310 e. The maximum absolute atomic E-state index is 4.09. The van der Waals surface area contributed by atoms with Gasteiger partial charge in [-0.1, -0.05) is 18.9 Å². The van der Waals surface area contributed by atoms with Crippen LogP contribution in [0.3, 0.4) is 0 Å². The van der Waals surface area contributed by atoms with Crippen LogP contribution in [0.25, 0.3) is 0 Å². The molecule has 0 aliphatic heterocycles. The van der Waals surface area contributed by atoms with Crippen LogP contribution in [-0.4, -0.2) is 11.0 Å². The molecule has 0 saturated heterocycles. The number of hydrogen-bond donors (Lipinski definition) is 1. The summed E-state index contributed by atoms with van der Waals surface area (Å²) in [6.07, 6.45) is 9.23. The van der Waals surface area contributed by atoms with Crippen molar-refractivity contribution in [1.29, 1.82) is 0 Å². The highest BCUT2D eigenvalue weighted by molar-refractivity contribution is 5.85. The van der Waals surface area contributed by atoms with E-state index in [-0.39, 0.29) is 24.8 Å². The molecule has 0 amide bonds. The molecule has 1 aliphatic carbocycles. The van der Waals surface area contributed by atoms with Crippen molar-refractivity contribution in [3.8, 4) is 0 Å². The van der Waals surface area contributed by atoms with Crippen molar-refractivity contribution in [1.82, 2.24) is 10.3 Å². The molecule has 0 aromatic carbocycles. The monoisotopic (exact) mass is 248 g/mol. The summed E-state index contributed by atoms with van der Waals surface area (Å²) in [7, 11) is 0. The number of pyridine rings is 1. The lowest BCUT2D eigenvalue weighted by Gasteiger charge is -2.10. The van der Waals surface area contributed by atoms with E-state index in [1.54, 1.807) is 0 Å². The first kappa shape index (κ1) is 14.7. The van der Waals surface area contributed by atoms with Crippen molar-refractivity contribution >= 4 is 24.8 Å². The molecule has 1 aromatic heterocycles. The summed E-state index contributed by atoms with van der Waals surface area (Å²) in [5.74, 6) is 0. The fourth-order valence-corrected chi connectivity index (χ4v) is 1.89. The Hall–Kier alpha value is -0.310. The molecule has 1 aliphatic rings. The summed E-state index contributed by atoms with van der Waals surface area (Å²) in [4.78, 5) is 4.09. The van der Waals surface area contributed by atoms with E-state index in [2.05, 4.69) is 16.4 Å². The van der Waals surface area contributed by atoms with Crippen LogP contribution in [0.1, 0.15) is 31.2 Å². The van der Waals surface area contributed by atoms with Gasteiger partial charge in [0, 0.05) is 25.0 Å². The summed E-state index contributed by atoms with van der Waals surface area (Å²) in [6, 6.07) is 4.86. The van der Waals surface area contributed by atoms with Gasteiger partial charge in [0.25, 0.3) is 0 Å². The Morgan fingerprint density at radius 1 is 1.27 bits per heavy atom. The van der Waals surface area contributed by atoms with E-state index in [0.717, 1.165) is 12.6 Å². The highest BCUT2D eigenvalue weighted by Crippen LogP contribution is 2.17. The molecule has 1 heterocycles. The molecular formula is C11H18Cl2N2. The quantitative estimate of drug-likeness (QED) is 0.890. The molecular weight excluding hydrogens is 231 g/mol. The molecule has 1 saturated carbocycles. The molecule has 0 radical (unpaired) electrons. The molecule has 0 unspecified atom stereocenters. The van der Waals surface area contributed by atoms with Crippen LogP contribution in [0.15, 0.2) is 24.5 Å². The highest BCUT2D eigenvalue weighted by atomic mass is 35.5. The predicted octanol–water partition coefficient (Wildman–Crippen LogP) is 2.96.